The van der Waals surface area contributed by atoms with Crippen molar-refractivity contribution in [2.75, 3.05) is 5.32 Å². The first-order valence-electron chi connectivity index (χ1n) is 7.87. The first kappa shape index (κ1) is 16.9. The lowest BCUT2D eigenvalue weighted by Gasteiger charge is -2.12. The van der Waals surface area contributed by atoms with Gasteiger partial charge in [-0.25, -0.2) is 4.79 Å². The van der Waals surface area contributed by atoms with E-state index in [0.29, 0.717) is 12.5 Å². The van der Waals surface area contributed by atoms with Gasteiger partial charge in [0.05, 0.1) is 12.6 Å². The summed E-state index contributed by atoms with van der Waals surface area (Å²) in [5.74, 6) is 0.415. The predicted octanol–water partition coefficient (Wildman–Crippen LogP) is -0.178. The van der Waals surface area contributed by atoms with E-state index >= 15 is 0 Å². The number of aryl methyl sites for hydroxylation is 1. The highest BCUT2D eigenvalue weighted by molar-refractivity contribution is 5.74. The molecule has 132 valence electrons. The molecule has 0 fully saturated rings. The van der Waals surface area contributed by atoms with Gasteiger partial charge in [-0.15, -0.1) is 0 Å². The smallest absolute Gasteiger partial charge is 0.332 e. The van der Waals surface area contributed by atoms with Gasteiger partial charge in [-0.1, -0.05) is 6.07 Å². The molecule has 2 N–H and O–H groups in total. The van der Waals surface area contributed by atoms with Gasteiger partial charge in [0.1, 0.15) is 0 Å². The standard InChI is InChI=1S/C16H20N6O3/c1-10(23)9-22-12-13(20(2)16(25)21(3)14(12)24)19-15(22)18-8-11-5-4-6-17-7-11/h4-7,10,23H,8-9H2,1-3H3,(H,18,19)/t10-/m1/s1. The van der Waals surface area contributed by atoms with Crippen molar-refractivity contribution in [3.8, 4) is 0 Å². The van der Waals surface area contributed by atoms with E-state index in [9.17, 15) is 14.7 Å². The molecule has 9 heteroatoms. The molecule has 3 aromatic rings. The van der Waals surface area contributed by atoms with Crippen molar-refractivity contribution in [3.05, 3.63) is 50.9 Å². The van der Waals surface area contributed by atoms with Crippen molar-refractivity contribution < 1.29 is 5.11 Å². The van der Waals surface area contributed by atoms with E-state index in [0.717, 1.165) is 10.1 Å². The number of aliphatic hydroxyl groups is 1. The highest BCUT2D eigenvalue weighted by Gasteiger charge is 2.19. The zero-order valence-corrected chi connectivity index (χ0v) is 14.3. The molecule has 3 heterocycles. The van der Waals surface area contributed by atoms with E-state index in [1.54, 1.807) is 30.9 Å². The van der Waals surface area contributed by atoms with Crippen LogP contribution in [0, 0.1) is 0 Å². The van der Waals surface area contributed by atoms with Gasteiger partial charge in [0, 0.05) is 33.0 Å². The maximum absolute atomic E-state index is 12.6. The summed E-state index contributed by atoms with van der Waals surface area (Å²) < 4.78 is 3.97. The van der Waals surface area contributed by atoms with Gasteiger partial charge in [0.2, 0.25) is 5.95 Å². The Kier molecular flexibility index (Phi) is 4.41. The molecule has 9 nitrogen and oxygen atoms in total. The van der Waals surface area contributed by atoms with Crippen LogP contribution < -0.4 is 16.6 Å². The summed E-state index contributed by atoms with van der Waals surface area (Å²) in [6.45, 7) is 2.26. The Morgan fingerprint density at radius 2 is 2.04 bits per heavy atom. The molecule has 0 aromatic carbocycles. The van der Waals surface area contributed by atoms with E-state index in [1.165, 1.54) is 11.6 Å². The molecule has 0 radical (unpaired) electrons. The first-order valence-corrected chi connectivity index (χ1v) is 7.87. The Bertz CT molecular complexity index is 1020. The van der Waals surface area contributed by atoms with E-state index < -0.39 is 17.4 Å². The summed E-state index contributed by atoms with van der Waals surface area (Å²) in [6, 6.07) is 3.74. The molecule has 0 saturated heterocycles. The van der Waals surface area contributed by atoms with Crippen LogP contribution in [0.3, 0.4) is 0 Å². The monoisotopic (exact) mass is 344 g/mol. The van der Waals surface area contributed by atoms with Crippen LogP contribution in [-0.4, -0.2) is 34.9 Å². The van der Waals surface area contributed by atoms with Crippen molar-refractivity contribution in [2.45, 2.75) is 26.1 Å². The van der Waals surface area contributed by atoms with Crippen LogP contribution in [0.25, 0.3) is 11.2 Å². The lowest BCUT2D eigenvalue weighted by molar-refractivity contribution is 0.175. The first-order chi connectivity index (χ1) is 11.9. The number of nitrogens with one attached hydrogen (secondary N) is 1. The van der Waals surface area contributed by atoms with Crippen LogP contribution in [0.15, 0.2) is 34.1 Å². The van der Waals surface area contributed by atoms with Crippen molar-refractivity contribution in [1.82, 2.24) is 23.7 Å². The Labute approximate surface area is 143 Å². The van der Waals surface area contributed by atoms with Crippen molar-refractivity contribution in [2.24, 2.45) is 14.1 Å². The summed E-state index contributed by atoms with van der Waals surface area (Å²) in [5, 5.41) is 13.0. The van der Waals surface area contributed by atoms with Crippen LogP contribution >= 0.6 is 0 Å². The van der Waals surface area contributed by atoms with E-state index in [2.05, 4.69) is 15.3 Å². The van der Waals surface area contributed by atoms with Gasteiger partial charge in [0.25, 0.3) is 5.56 Å². The molecule has 0 unspecified atom stereocenters. The van der Waals surface area contributed by atoms with Gasteiger partial charge in [-0.05, 0) is 18.6 Å². The number of fused-ring (bicyclic) bond motifs is 1. The molecule has 0 bridgehead atoms. The summed E-state index contributed by atoms with van der Waals surface area (Å²) in [4.78, 5) is 33.2. The minimum Gasteiger partial charge on any atom is -0.392 e. The summed E-state index contributed by atoms with van der Waals surface area (Å²) in [6.07, 6.45) is 2.73. The van der Waals surface area contributed by atoms with Crippen LogP contribution in [0.5, 0.6) is 0 Å². The maximum atomic E-state index is 12.6. The number of aliphatic hydroxyl groups excluding tert-OH is 1. The van der Waals surface area contributed by atoms with Crippen molar-refractivity contribution in [3.63, 3.8) is 0 Å². The lowest BCUT2D eigenvalue weighted by Crippen LogP contribution is -2.37. The third kappa shape index (κ3) is 3.05. The number of anilines is 1. The molecule has 0 aliphatic heterocycles. The van der Waals surface area contributed by atoms with Crippen LogP contribution in [-0.2, 0) is 27.2 Å². The number of pyridine rings is 1. The van der Waals surface area contributed by atoms with E-state index in [-0.39, 0.29) is 17.7 Å². The average Bonchev–Trinajstić information content (AvgIpc) is 2.95. The fourth-order valence-corrected chi connectivity index (χ4v) is 2.71. The number of nitrogens with zero attached hydrogens (tertiary/aromatic N) is 5. The lowest BCUT2D eigenvalue weighted by atomic mass is 10.3. The normalized spacial score (nSPS) is 12.5. The van der Waals surface area contributed by atoms with E-state index in [4.69, 9.17) is 0 Å². The molecule has 25 heavy (non-hydrogen) atoms. The van der Waals surface area contributed by atoms with Crippen LogP contribution in [0.1, 0.15) is 12.5 Å². The molecular weight excluding hydrogens is 324 g/mol. The number of hydrogen-bond donors (Lipinski definition) is 2. The van der Waals surface area contributed by atoms with Gasteiger partial charge >= 0.3 is 5.69 Å². The molecule has 3 aromatic heterocycles. The fourth-order valence-electron chi connectivity index (χ4n) is 2.71. The SMILES string of the molecule is C[C@@H](O)Cn1c(NCc2cccnc2)nc2c1c(=O)n(C)c(=O)n2C. The molecule has 1 atom stereocenters. The quantitative estimate of drug-likeness (QED) is 0.665. The van der Waals surface area contributed by atoms with Crippen LogP contribution in [0.2, 0.25) is 0 Å². The molecule has 0 amide bonds. The van der Waals surface area contributed by atoms with Gasteiger partial charge in [-0.2, -0.15) is 4.98 Å². The Morgan fingerprint density at radius 1 is 1.28 bits per heavy atom. The number of hydrogen-bond acceptors (Lipinski definition) is 6. The van der Waals surface area contributed by atoms with Gasteiger partial charge in [0.15, 0.2) is 11.2 Å². The second-order valence-electron chi connectivity index (χ2n) is 5.99. The zero-order valence-electron chi connectivity index (χ0n) is 14.3. The number of imidazole rings is 1. The van der Waals surface area contributed by atoms with Gasteiger partial charge in [-0.3, -0.25) is 18.9 Å². The average molecular weight is 344 g/mol. The fraction of sp³-hybridized carbons (Fsp3) is 0.375. The number of rotatable bonds is 5. The minimum absolute atomic E-state index is 0.180. The van der Waals surface area contributed by atoms with E-state index in [1.807, 2.05) is 12.1 Å². The Hall–Kier alpha value is -2.94. The number of aromatic nitrogens is 5. The largest absolute Gasteiger partial charge is 0.392 e. The van der Waals surface area contributed by atoms with Crippen LogP contribution in [0.4, 0.5) is 5.95 Å². The highest BCUT2D eigenvalue weighted by atomic mass is 16.3. The van der Waals surface area contributed by atoms with Gasteiger partial charge < -0.3 is 15.0 Å². The summed E-state index contributed by atoms with van der Waals surface area (Å²) >= 11 is 0. The molecule has 0 saturated carbocycles. The summed E-state index contributed by atoms with van der Waals surface area (Å²) in [5.41, 5.74) is 0.611. The molecule has 3 rings (SSSR count). The molecule has 0 aliphatic carbocycles. The summed E-state index contributed by atoms with van der Waals surface area (Å²) in [7, 11) is 2.99. The Morgan fingerprint density at radius 3 is 2.68 bits per heavy atom. The minimum atomic E-state index is -0.682. The maximum Gasteiger partial charge on any atom is 0.332 e. The van der Waals surface area contributed by atoms with Crippen molar-refractivity contribution >= 4 is 17.1 Å². The Balaban J connectivity index is 2.14. The molecular formula is C16H20N6O3. The predicted molar refractivity (Wildman–Crippen MR) is 93.5 cm³/mol. The second-order valence-corrected chi connectivity index (χ2v) is 5.99. The molecule has 0 aliphatic rings. The third-order valence-corrected chi connectivity index (χ3v) is 3.97. The second kappa shape index (κ2) is 6.52. The molecule has 0 spiro atoms. The topological polar surface area (TPSA) is 107 Å². The third-order valence-electron chi connectivity index (χ3n) is 3.97. The highest BCUT2D eigenvalue weighted by Crippen LogP contribution is 2.17. The van der Waals surface area contributed by atoms with Crippen molar-refractivity contribution in [1.29, 1.82) is 0 Å². The zero-order chi connectivity index (χ0) is 18.1.